The molecular formula is C10H11N3O. The van der Waals surface area contributed by atoms with Crippen LogP contribution in [0.25, 0.3) is 11.3 Å². The Kier molecular flexibility index (Phi) is 2.28. The summed E-state index contributed by atoms with van der Waals surface area (Å²) in [4.78, 5) is 0. The van der Waals surface area contributed by atoms with Crippen molar-refractivity contribution < 1.29 is 5.11 Å². The number of hydrogen-bond acceptors (Lipinski definition) is 3. The highest BCUT2D eigenvalue weighted by Crippen LogP contribution is 2.17. The number of rotatable bonds is 2. The Morgan fingerprint density at radius 1 is 1.29 bits per heavy atom. The van der Waals surface area contributed by atoms with Gasteiger partial charge in [0.1, 0.15) is 0 Å². The molecule has 0 saturated carbocycles. The molecule has 0 atom stereocenters. The number of nitrogens with zero attached hydrogens (tertiary/aromatic N) is 3. The van der Waals surface area contributed by atoms with E-state index >= 15 is 0 Å². The Morgan fingerprint density at radius 2 is 2.00 bits per heavy atom. The van der Waals surface area contributed by atoms with Gasteiger partial charge in [-0.1, -0.05) is 29.5 Å². The van der Waals surface area contributed by atoms with Gasteiger partial charge in [-0.05, 0) is 5.56 Å². The molecule has 1 heterocycles. The molecule has 0 aliphatic rings. The van der Waals surface area contributed by atoms with Gasteiger partial charge in [0.05, 0.1) is 18.5 Å². The van der Waals surface area contributed by atoms with E-state index in [1.54, 1.807) is 10.9 Å². The van der Waals surface area contributed by atoms with Crippen LogP contribution in [-0.2, 0) is 13.7 Å². The Hall–Kier alpha value is -1.68. The summed E-state index contributed by atoms with van der Waals surface area (Å²) < 4.78 is 1.72. The standard InChI is InChI=1S/C10H11N3O/c1-13-10(6-11-12-13)9-4-2-8(7-14)3-5-9/h2-6,14H,7H2,1H3. The van der Waals surface area contributed by atoms with Gasteiger partial charge in [-0.25, -0.2) is 4.68 Å². The Labute approximate surface area is 81.8 Å². The number of aliphatic hydroxyl groups is 1. The summed E-state index contributed by atoms with van der Waals surface area (Å²) in [6.07, 6.45) is 1.72. The molecule has 0 unspecified atom stereocenters. The molecule has 4 heteroatoms. The van der Waals surface area contributed by atoms with E-state index in [0.717, 1.165) is 16.8 Å². The normalized spacial score (nSPS) is 10.4. The Morgan fingerprint density at radius 3 is 2.50 bits per heavy atom. The van der Waals surface area contributed by atoms with Crippen molar-refractivity contribution in [3.8, 4) is 11.3 Å². The maximum Gasteiger partial charge on any atom is 0.0882 e. The average molecular weight is 189 g/mol. The third-order valence-corrected chi connectivity index (χ3v) is 2.15. The molecule has 0 bridgehead atoms. The van der Waals surface area contributed by atoms with Gasteiger partial charge in [-0.15, -0.1) is 5.10 Å². The molecule has 4 nitrogen and oxygen atoms in total. The second-order valence-electron chi connectivity index (χ2n) is 3.10. The summed E-state index contributed by atoms with van der Waals surface area (Å²) in [6.45, 7) is 0.0733. The van der Waals surface area contributed by atoms with Crippen LogP contribution >= 0.6 is 0 Å². The third kappa shape index (κ3) is 1.52. The van der Waals surface area contributed by atoms with Gasteiger partial charge in [-0.2, -0.15) is 0 Å². The Balaban J connectivity index is 2.39. The molecule has 1 aromatic heterocycles. The smallest absolute Gasteiger partial charge is 0.0882 e. The molecule has 0 saturated heterocycles. The summed E-state index contributed by atoms with van der Waals surface area (Å²) in [5.74, 6) is 0. The third-order valence-electron chi connectivity index (χ3n) is 2.15. The van der Waals surface area contributed by atoms with Crippen LogP contribution in [0.15, 0.2) is 30.5 Å². The summed E-state index contributed by atoms with van der Waals surface area (Å²) in [6, 6.07) is 7.68. The second kappa shape index (κ2) is 3.59. The first-order valence-electron chi connectivity index (χ1n) is 4.36. The van der Waals surface area contributed by atoms with Crippen LogP contribution in [-0.4, -0.2) is 20.1 Å². The van der Waals surface area contributed by atoms with Crippen molar-refractivity contribution in [2.45, 2.75) is 6.61 Å². The molecule has 0 fully saturated rings. The molecule has 14 heavy (non-hydrogen) atoms. The van der Waals surface area contributed by atoms with Gasteiger partial charge in [0.15, 0.2) is 0 Å². The van der Waals surface area contributed by atoms with Crippen LogP contribution < -0.4 is 0 Å². The van der Waals surface area contributed by atoms with Gasteiger partial charge in [0.2, 0.25) is 0 Å². The SMILES string of the molecule is Cn1nncc1-c1ccc(CO)cc1. The van der Waals surface area contributed by atoms with Crippen molar-refractivity contribution in [1.29, 1.82) is 0 Å². The summed E-state index contributed by atoms with van der Waals surface area (Å²) >= 11 is 0. The number of aromatic nitrogens is 3. The molecular weight excluding hydrogens is 178 g/mol. The lowest BCUT2D eigenvalue weighted by Crippen LogP contribution is -1.93. The van der Waals surface area contributed by atoms with Crippen molar-refractivity contribution in [1.82, 2.24) is 15.0 Å². The topological polar surface area (TPSA) is 50.9 Å². The van der Waals surface area contributed by atoms with E-state index in [2.05, 4.69) is 10.3 Å². The molecule has 1 N–H and O–H groups in total. The maximum atomic E-state index is 8.88. The number of benzene rings is 1. The van der Waals surface area contributed by atoms with E-state index in [-0.39, 0.29) is 6.61 Å². The van der Waals surface area contributed by atoms with Crippen LogP contribution in [0.4, 0.5) is 0 Å². The van der Waals surface area contributed by atoms with Crippen molar-refractivity contribution in [2.24, 2.45) is 7.05 Å². The van der Waals surface area contributed by atoms with E-state index in [0.29, 0.717) is 0 Å². The molecule has 2 rings (SSSR count). The minimum absolute atomic E-state index is 0.0733. The van der Waals surface area contributed by atoms with Crippen LogP contribution in [0.2, 0.25) is 0 Å². The zero-order chi connectivity index (χ0) is 9.97. The zero-order valence-electron chi connectivity index (χ0n) is 7.88. The molecule has 0 aliphatic carbocycles. The van der Waals surface area contributed by atoms with Gasteiger partial charge in [0, 0.05) is 12.6 Å². The first kappa shape index (κ1) is 8.90. The van der Waals surface area contributed by atoms with Crippen molar-refractivity contribution >= 4 is 0 Å². The van der Waals surface area contributed by atoms with Crippen LogP contribution in [0.1, 0.15) is 5.56 Å². The highest BCUT2D eigenvalue weighted by atomic mass is 16.3. The van der Waals surface area contributed by atoms with Crippen molar-refractivity contribution in [3.05, 3.63) is 36.0 Å². The monoisotopic (exact) mass is 189 g/mol. The van der Waals surface area contributed by atoms with Crippen LogP contribution in [0.3, 0.4) is 0 Å². The van der Waals surface area contributed by atoms with E-state index < -0.39 is 0 Å². The van der Waals surface area contributed by atoms with Gasteiger partial charge in [0.25, 0.3) is 0 Å². The first-order chi connectivity index (χ1) is 6.81. The van der Waals surface area contributed by atoms with Crippen molar-refractivity contribution in [2.75, 3.05) is 0 Å². The fourth-order valence-electron chi connectivity index (χ4n) is 1.33. The van der Waals surface area contributed by atoms with Crippen molar-refractivity contribution in [3.63, 3.8) is 0 Å². The van der Waals surface area contributed by atoms with E-state index in [4.69, 9.17) is 5.11 Å². The zero-order valence-corrected chi connectivity index (χ0v) is 7.88. The summed E-state index contributed by atoms with van der Waals surface area (Å²) in [5, 5.41) is 16.5. The average Bonchev–Trinajstić information content (AvgIpc) is 2.65. The minimum atomic E-state index is 0.0733. The van der Waals surface area contributed by atoms with Gasteiger partial charge >= 0.3 is 0 Å². The number of hydrogen-bond donors (Lipinski definition) is 1. The van der Waals surface area contributed by atoms with E-state index in [1.807, 2.05) is 31.3 Å². The molecule has 0 aliphatic heterocycles. The fraction of sp³-hybridized carbons (Fsp3) is 0.200. The Bertz CT molecular complexity index is 419. The fourth-order valence-corrected chi connectivity index (χ4v) is 1.33. The minimum Gasteiger partial charge on any atom is -0.392 e. The highest BCUT2D eigenvalue weighted by molar-refractivity contribution is 5.58. The maximum absolute atomic E-state index is 8.88. The second-order valence-corrected chi connectivity index (χ2v) is 3.10. The molecule has 0 spiro atoms. The number of aryl methyl sites for hydroxylation is 1. The molecule has 0 amide bonds. The first-order valence-corrected chi connectivity index (χ1v) is 4.36. The highest BCUT2D eigenvalue weighted by Gasteiger charge is 2.02. The lowest BCUT2D eigenvalue weighted by molar-refractivity contribution is 0.282. The van der Waals surface area contributed by atoms with Gasteiger partial charge in [-0.3, -0.25) is 0 Å². The summed E-state index contributed by atoms with van der Waals surface area (Å²) in [7, 11) is 1.85. The lowest BCUT2D eigenvalue weighted by Gasteiger charge is -2.01. The quantitative estimate of drug-likeness (QED) is 0.766. The van der Waals surface area contributed by atoms with Gasteiger partial charge < -0.3 is 5.11 Å². The molecule has 1 aromatic carbocycles. The summed E-state index contributed by atoms with van der Waals surface area (Å²) in [5.41, 5.74) is 2.92. The molecule has 2 aromatic rings. The van der Waals surface area contributed by atoms with E-state index in [9.17, 15) is 0 Å². The predicted octanol–water partition coefficient (Wildman–Crippen LogP) is 0.974. The largest absolute Gasteiger partial charge is 0.392 e. The molecule has 0 radical (unpaired) electrons. The lowest BCUT2D eigenvalue weighted by atomic mass is 10.1. The molecule has 72 valence electrons. The predicted molar refractivity (Wildman–Crippen MR) is 52.4 cm³/mol. The van der Waals surface area contributed by atoms with Crippen LogP contribution in [0, 0.1) is 0 Å². The van der Waals surface area contributed by atoms with E-state index in [1.165, 1.54) is 0 Å². The van der Waals surface area contributed by atoms with Crippen LogP contribution in [0.5, 0.6) is 0 Å². The number of aliphatic hydroxyl groups excluding tert-OH is 1.